The number of benzene rings is 2. The molecule has 0 aromatic heterocycles. The summed E-state index contributed by atoms with van der Waals surface area (Å²) in [5.74, 6) is 0.117. The number of carbonyl (C=O) groups excluding carboxylic acids is 1. The average molecular weight is 419 g/mol. The van der Waals surface area contributed by atoms with Crippen molar-refractivity contribution < 1.29 is 9.18 Å². The van der Waals surface area contributed by atoms with Crippen LogP contribution in [0.15, 0.2) is 48.5 Å². The quantitative estimate of drug-likeness (QED) is 0.701. The van der Waals surface area contributed by atoms with Crippen LogP contribution in [-0.4, -0.2) is 41.9 Å². The number of rotatable bonds is 4. The van der Waals surface area contributed by atoms with Gasteiger partial charge in [-0.3, -0.25) is 4.79 Å². The van der Waals surface area contributed by atoms with E-state index < -0.39 is 0 Å². The smallest absolute Gasteiger partial charge is 0.229 e. The van der Waals surface area contributed by atoms with Gasteiger partial charge in [0.2, 0.25) is 5.91 Å². The number of carbonyl (C=O) groups is 1. The normalized spacial score (nSPS) is 30.7. The van der Waals surface area contributed by atoms with E-state index in [2.05, 4.69) is 34.1 Å². The van der Waals surface area contributed by atoms with Gasteiger partial charge in [0.1, 0.15) is 5.82 Å². The first-order chi connectivity index (χ1) is 15.1. The van der Waals surface area contributed by atoms with Crippen LogP contribution in [-0.2, 0) is 11.2 Å². The van der Waals surface area contributed by atoms with Gasteiger partial charge in [-0.1, -0.05) is 36.4 Å². The molecule has 5 aliphatic rings. The largest absolute Gasteiger partial charge is 0.331 e. The molecule has 3 nitrogen and oxygen atoms in total. The summed E-state index contributed by atoms with van der Waals surface area (Å²) in [6.07, 6.45) is 7.80. The first-order valence-electron chi connectivity index (χ1n) is 11.9. The van der Waals surface area contributed by atoms with Crippen LogP contribution < -0.4 is 0 Å². The average Bonchev–Trinajstić information content (AvgIpc) is 3.59. The summed E-state index contributed by atoms with van der Waals surface area (Å²) in [5.41, 5.74) is 3.74. The molecule has 3 saturated heterocycles. The predicted octanol–water partition coefficient (Wildman–Crippen LogP) is 4.96. The van der Waals surface area contributed by atoms with Crippen molar-refractivity contribution in [2.45, 2.75) is 51.0 Å². The summed E-state index contributed by atoms with van der Waals surface area (Å²) in [4.78, 5) is 18.8. The predicted molar refractivity (Wildman–Crippen MR) is 119 cm³/mol. The van der Waals surface area contributed by atoms with Gasteiger partial charge in [0.15, 0.2) is 0 Å². The van der Waals surface area contributed by atoms with E-state index in [9.17, 15) is 9.18 Å². The Morgan fingerprint density at radius 1 is 0.903 bits per heavy atom. The fraction of sp³-hybridized carbons (Fsp3) is 0.519. The van der Waals surface area contributed by atoms with E-state index in [0.717, 1.165) is 37.8 Å². The van der Waals surface area contributed by atoms with Gasteiger partial charge in [0.05, 0.1) is 11.5 Å². The van der Waals surface area contributed by atoms with Gasteiger partial charge in [-0.05, 0) is 98.8 Å². The third-order valence-corrected chi connectivity index (χ3v) is 8.63. The molecular formula is C27H31FN2O. The van der Waals surface area contributed by atoms with Crippen molar-refractivity contribution in [3.8, 4) is 0 Å². The van der Waals surface area contributed by atoms with Gasteiger partial charge < -0.3 is 9.80 Å². The molecule has 2 aromatic carbocycles. The van der Waals surface area contributed by atoms with Crippen molar-refractivity contribution in [2.24, 2.45) is 10.8 Å². The summed E-state index contributed by atoms with van der Waals surface area (Å²) in [5, 5.41) is 0. The zero-order chi connectivity index (χ0) is 21.1. The Balaban J connectivity index is 1.33. The highest BCUT2D eigenvalue weighted by Crippen LogP contribution is 2.59. The summed E-state index contributed by atoms with van der Waals surface area (Å²) in [6, 6.07) is 15.1. The molecule has 4 heteroatoms. The monoisotopic (exact) mass is 418 g/mol. The van der Waals surface area contributed by atoms with Crippen molar-refractivity contribution in [2.75, 3.05) is 26.2 Å². The van der Waals surface area contributed by atoms with Gasteiger partial charge in [-0.15, -0.1) is 0 Å². The minimum Gasteiger partial charge on any atom is -0.331 e. The van der Waals surface area contributed by atoms with Crippen LogP contribution in [0.2, 0.25) is 0 Å². The third-order valence-electron chi connectivity index (χ3n) is 8.63. The second-order valence-corrected chi connectivity index (χ2v) is 10.5. The van der Waals surface area contributed by atoms with Crippen LogP contribution in [0.4, 0.5) is 4.39 Å². The number of piperidine rings is 3. The van der Waals surface area contributed by atoms with E-state index in [4.69, 9.17) is 0 Å². The number of nitrogens with zero attached hydrogens (tertiary/aromatic N) is 2. The van der Waals surface area contributed by atoms with Crippen molar-refractivity contribution in [3.05, 3.63) is 71.0 Å². The summed E-state index contributed by atoms with van der Waals surface area (Å²) in [7, 11) is 0. The first-order valence-corrected chi connectivity index (χ1v) is 11.9. The molecule has 0 N–H and O–H groups in total. The molecule has 1 atom stereocenters. The Morgan fingerprint density at radius 3 is 2.26 bits per heavy atom. The van der Waals surface area contributed by atoms with Gasteiger partial charge in [0, 0.05) is 6.54 Å². The molecule has 2 bridgehead atoms. The van der Waals surface area contributed by atoms with Crippen LogP contribution in [0, 0.1) is 16.6 Å². The van der Waals surface area contributed by atoms with Gasteiger partial charge in [0.25, 0.3) is 0 Å². The third kappa shape index (κ3) is 3.31. The van der Waals surface area contributed by atoms with Crippen LogP contribution in [0.1, 0.15) is 61.3 Å². The Morgan fingerprint density at radius 2 is 1.58 bits per heavy atom. The molecule has 1 amide bonds. The second kappa shape index (κ2) is 7.16. The molecule has 0 radical (unpaired) electrons. The van der Waals surface area contributed by atoms with Crippen molar-refractivity contribution in [1.29, 1.82) is 0 Å². The summed E-state index contributed by atoms with van der Waals surface area (Å²) >= 11 is 0. The van der Waals surface area contributed by atoms with Gasteiger partial charge >= 0.3 is 0 Å². The molecule has 2 aromatic rings. The molecule has 0 unspecified atom stereocenters. The molecule has 1 aliphatic carbocycles. The topological polar surface area (TPSA) is 23.6 Å². The fourth-order valence-electron chi connectivity index (χ4n) is 6.59. The van der Waals surface area contributed by atoms with Crippen LogP contribution in [0.3, 0.4) is 0 Å². The van der Waals surface area contributed by atoms with Gasteiger partial charge in [-0.25, -0.2) is 4.39 Å². The van der Waals surface area contributed by atoms with Crippen molar-refractivity contribution >= 4 is 5.91 Å². The van der Waals surface area contributed by atoms with E-state index >= 15 is 0 Å². The van der Waals surface area contributed by atoms with E-state index in [1.165, 1.54) is 62.2 Å². The Bertz CT molecular complexity index is 975. The maximum atomic E-state index is 14.1. The standard InChI is InChI=1S/C27H31FN2O/c28-22-7-5-21(6-8-22)24-23-4-2-1-3-20(23)9-15-30(24)25(31)27(10-11-27)19-26-12-16-29(17-13-26)18-14-26/h1-8,24H,9-19H2/t24-/m0/s1. The van der Waals surface area contributed by atoms with Crippen LogP contribution >= 0.6 is 0 Å². The maximum Gasteiger partial charge on any atom is 0.229 e. The first kappa shape index (κ1) is 19.5. The molecule has 0 spiro atoms. The van der Waals surface area contributed by atoms with Crippen molar-refractivity contribution in [1.82, 2.24) is 9.80 Å². The van der Waals surface area contributed by atoms with Crippen molar-refractivity contribution in [3.63, 3.8) is 0 Å². The van der Waals surface area contributed by atoms with Gasteiger partial charge in [-0.2, -0.15) is 0 Å². The van der Waals surface area contributed by atoms with E-state index in [0.29, 0.717) is 11.3 Å². The van der Waals surface area contributed by atoms with E-state index in [1.54, 1.807) is 0 Å². The molecule has 162 valence electrons. The SMILES string of the molecule is O=C(N1CCc2ccccc2[C@@H]1c1ccc(F)cc1)C1(CC23CCN(CC2)CC3)CC1. The fourth-order valence-corrected chi connectivity index (χ4v) is 6.59. The Hall–Kier alpha value is -2.20. The molecule has 4 aliphatic heterocycles. The Labute approximate surface area is 184 Å². The zero-order valence-corrected chi connectivity index (χ0v) is 18.2. The molecular weight excluding hydrogens is 387 g/mol. The molecule has 4 heterocycles. The summed E-state index contributed by atoms with van der Waals surface area (Å²) < 4.78 is 13.7. The number of fused-ring (bicyclic) bond motifs is 4. The maximum absolute atomic E-state index is 14.1. The van der Waals surface area contributed by atoms with E-state index in [-0.39, 0.29) is 17.3 Å². The molecule has 7 rings (SSSR count). The summed E-state index contributed by atoms with van der Waals surface area (Å²) in [6.45, 7) is 4.37. The second-order valence-electron chi connectivity index (χ2n) is 10.5. The highest BCUT2D eigenvalue weighted by molar-refractivity contribution is 5.86. The lowest BCUT2D eigenvalue weighted by Crippen LogP contribution is -2.51. The zero-order valence-electron chi connectivity index (χ0n) is 18.2. The lowest BCUT2D eigenvalue weighted by atomic mass is 9.66. The highest BCUT2D eigenvalue weighted by Gasteiger charge is 2.57. The van der Waals surface area contributed by atoms with Crippen LogP contribution in [0.5, 0.6) is 0 Å². The Kier molecular flexibility index (Phi) is 4.50. The minimum absolute atomic E-state index is 0.110. The number of amides is 1. The highest BCUT2D eigenvalue weighted by atomic mass is 19.1. The lowest BCUT2D eigenvalue weighted by Gasteiger charge is -2.50. The number of halogens is 1. The number of hydrogen-bond acceptors (Lipinski definition) is 2. The van der Waals surface area contributed by atoms with Crippen LogP contribution in [0.25, 0.3) is 0 Å². The van der Waals surface area contributed by atoms with E-state index in [1.807, 2.05) is 12.1 Å². The lowest BCUT2D eigenvalue weighted by molar-refractivity contribution is -0.142. The minimum atomic E-state index is -0.230. The molecule has 31 heavy (non-hydrogen) atoms. The molecule has 4 fully saturated rings. The number of hydrogen-bond donors (Lipinski definition) is 0. The molecule has 1 saturated carbocycles.